The average molecular weight is 285 g/mol. The van der Waals surface area contributed by atoms with Crippen molar-refractivity contribution in [3.8, 4) is 0 Å². The highest BCUT2D eigenvalue weighted by Gasteiger charge is 2.30. The molecule has 0 radical (unpaired) electrons. The second-order valence-corrected chi connectivity index (χ2v) is 5.02. The van der Waals surface area contributed by atoms with Crippen LogP contribution >= 0.6 is 23.2 Å². The van der Waals surface area contributed by atoms with Crippen molar-refractivity contribution in [3.63, 3.8) is 0 Å². The molecule has 4 heteroatoms. The van der Waals surface area contributed by atoms with Crippen molar-refractivity contribution in [3.05, 3.63) is 69.5 Å². The largest absolute Gasteiger partial charge is 0.381 e. The van der Waals surface area contributed by atoms with Crippen molar-refractivity contribution in [1.29, 1.82) is 0 Å². The van der Waals surface area contributed by atoms with Gasteiger partial charge in [-0.25, -0.2) is 4.39 Å². The average Bonchev–Trinajstić information content (AvgIpc) is 2.28. The van der Waals surface area contributed by atoms with Crippen molar-refractivity contribution in [2.75, 3.05) is 0 Å². The van der Waals surface area contributed by atoms with E-state index < -0.39 is 11.4 Å². The third-order valence-corrected chi connectivity index (χ3v) is 3.40. The Morgan fingerprint density at radius 3 is 2.33 bits per heavy atom. The van der Waals surface area contributed by atoms with Gasteiger partial charge < -0.3 is 5.11 Å². The zero-order chi connectivity index (χ0) is 13.3. The molecule has 18 heavy (non-hydrogen) atoms. The van der Waals surface area contributed by atoms with Gasteiger partial charge >= 0.3 is 0 Å². The van der Waals surface area contributed by atoms with Gasteiger partial charge in [-0.05, 0) is 25.1 Å². The molecular formula is C14H11Cl2FO. The number of halogens is 3. The zero-order valence-electron chi connectivity index (χ0n) is 9.62. The van der Waals surface area contributed by atoms with Crippen molar-refractivity contribution in [2.45, 2.75) is 12.5 Å². The van der Waals surface area contributed by atoms with Gasteiger partial charge in [0.25, 0.3) is 0 Å². The van der Waals surface area contributed by atoms with Crippen LogP contribution in [0.25, 0.3) is 0 Å². The van der Waals surface area contributed by atoms with Gasteiger partial charge in [0, 0.05) is 21.2 Å². The fourth-order valence-electron chi connectivity index (χ4n) is 1.89. The number of benzene rings is 2. The number of hydrogen-bond donors (Lipinski definition) is 1. The van der Waals surface area contributed by atoms with Crippen LogP contribution in [0, 0.1) is 5.82 Å². The second-order valence-electron chi connectivity index (χ2n) is 4.18. The molecule has 1 nitrogen and oxygen atoms in total. The number of aliphatic hydroxyl groups is 1. The summed E-state index contributed by atoms with van der Waals surface area (Å²) in [6.45, 7) is 1.50. The molecule has 0 saturated heterocycles. The van der Waals surface area contributed by atoms with Crippen molar-refractivity contribution < 1.29 is 9.50 Å². The van der Waals surface area contributed by atoms with E-state index in [4.69, 9.17) is 23.2 Å². The Bertz CT molecular complexity index is 582. The van der Waals surface area contributed by atoms with E-state index in [1.54, 1.807) is 24.3 Å². The summed E-state index contributed by atoms with van der Waals surface area (Å²) in [6.07, 6.45) is 0. The minimum absolute atomic E-state index is 0.175. The van der Waals surface area contributed by atoms with Crippen LogP contribution < -0.4 is 0 Å². The van der Waals surface area contributed by atoms with Gasteiger partial charge in [0.2, 0.25) is 0 Å². The SMILES string of the molecule is CC(O)(c1ccccc1F)c1ccc(Cl)cc1Cl. The summed E-state index contributed by atoms with van der Waals surface area (Å²) in [5.74, 6) is -0.478. The fraction of sp³-hybridized carbons (Fsp3) is 0.143. The first-order chi connectivity index (χ1) is 8.43. The maximum absolute atomic E-state index is 13.8. The molecule has 0 aliphatic rings. The Morgan fingerprint density at radius 2 is 1.72 bits per heavy atom. The highest BCUT2D eigenvalue weighted by atomic mass is 35.5. The molecule has 1 N–H and O–H groups in total. The number of rotatable bonds is 2. The molecule has 0 aromatic heterocycles. The fourth-order valence-corrected chi connectivity index (χ4v) is 2.48. The Kier molecular flexibility index (Phi) is 3.62. The molecule has 0 bridgehead atoms. The molecule has 0 aliphatic carbocycles. The number of hydrogen-bond acceptors (Lipinski definition) is 1. The Morgan fingerprint density at radius 1 is 1.06 bits per heavy atom. The molecule has 0 spiro atoms. The van der Waals surface area contributed by atoms with Crippen LogP contribution in [-0.2, 0) is 5.60 Å². The van der Waals surface area contributed by atoms with Crippen LogP contribution in [0.15, 0.2) is 42.5 Å². The van der Waals surface area contributed by atoms with Gasteiger partial charge in [-0.2, -0.15) is 0 Å². The van der Waals surface area contributed by atoms with E-state index in [1.807, 2.05) is 0 Å². The predicted molar refractivity (Wildman–Crippen MR) is 71.5 cm³/mol. The summed E-state index contributed by atoms with van der Waals surface area (Å²) in [5.41, 5.74) is -0.916. The van der Waals surface area contributed by atoms with E-state index in [-0.39, 0.29) is 5.56 Å². The third-order valence-electron chi connectivity index (χ3n) is 2.85. The molecule has 2 aromatic carbocycles. The molecule has 0 amide bonds. The first-order valence-corrected chi connectivity index (χ1v) is 6.11. The van der Waals surface area contributed by atoms with Gasteiger partial charge in [0.15, 0.2) is 0 Å². The minimum Gasteiger partial charge on any atom is -0.381 e. The molecule has 94 valence electrons. The van der Waals surface area contributed by atoms with Gasteiger partial charge in [-0.1, -0.05) is 47.5 Å². The lowest BCUT2D eigenvalue weighted by atomic mass is 9.88. The predicted octanol–water partition coefficient (Wildman–Crippen LogP) is 4.39. The smallest absolute Gasteiger partial charge is 0.129 e. The molecule has 1 atom stereocenters. The summed E-state index contributed by atoms with van der Waals surface area (Å²) in [6, 6.07) is 10.8. The topological polar surface area (TPSA) is 20.2 Å². The standard InChI is InChI=1S/C14H11Cl2FO/c1-14(18,11-4-2-3-5-13(11)17)10-7-6-9(15)8-12(10)16/h2-8,18H,1H3. The van der Waals surface area contributed by atoms with Crippen LogP contribution in [0.5, 0.6) is 0 Å². The molecular weight excluding hydrogens is 274 g/mol. The van der Waals surface area contributed by atoms with Crippen molar-refractivity contribution in [1.82, 2.24) is 0 Å². The van der Waals surface area contributed by atoms with E-state index in [2.05, 4.69) is 0 Å². The first kappa shape index (κ1) is 13.3. The van der Waals surface area contributed by atoms with Crippen LogP contribution in [0.3, 0.4) is 0 Å². The molecule has 0 fully saturated rings. The third kappa shape index (κ3) is 2.37. The molecule has 0 aliphatic heterocycles. The van der Waals surface area contributed by atoms with Crippen molar-refractivity contribution in [2.24, 2.45) is 0 Å². The normalized spacial score (nSPS) is 14.3. The van der Waals surface area contributed by atoms with Crippen LogP contribution in [0.2, 0.25) is 10.0 Å². The van der Waals surface area contributed by atoms with E-state index in [0.29, 0.717) is 15.6 Å². The van der Waals surface area contributed by atoms with E-state index in [1.165, 1.54) is 25.1 Å². The lowest BCUT2D eigenvalue weighted by Gasteiger charge is -2.26. The molecule has 2 aromatic rings. The Hall–Kier alpha value is -1.09. The summed E-state index contributed by atoms with van der Waals surface area (Å²) in [7, 11) is 0. The molecule has 2 rings (SSSR count). The van der Waals surface area contributed by atoms with Crippen molar-refractivity contribution >= 4 is 23.2 Å². The first-order valence-electron chi connectivity index (χ1n) is 5.36. The molecule has 0 saturated carbocycles. The lowest BCUT2D eigenvalue weighted by molar-refractivity contribution is 0.0981. The van der Waals surface area contributed by atoms with Gasteiger partial charge in [-0.15, -0.1) is 0 Å². The summed E-state index contributed by atoms with van der Waals surface area (Å²) in [4.78, 5) is 0. The van der Waals surface area contributed by atoms with Crippen LogP contribution in [0.1, 0.15) is 18.1 Å². The Labute approximate surface area is 115 Å². The second kappa shape index (κ2) is 4.88. The Balaban J connectivity index is 2.58. The summed E-state index contributed by atoms with van der Waals surface area (Å²) in [5, 5.41) is 11.3. The van der Waals surface area contributed by atoms with Gasteiger partial charge in [-0.3, -0.25) is 0 Å². The monoisotopic (exact) mass is 284 g/mol. The highest BCUT2D eigenvalue weighted by molar-refractivity contribution is 6.35. The highest BCUT2D eigenvalue weighted by Crippen LogP contribution is 2.36. The van der Waals surface area contributed by atoms with Crippen LogP contribution in [-0.4, -0.2) is 5.11 Å². The zero-order valence-corrected chi connectivity index (χ0v) is 11.1. The maximum Gasteiger partial charge on any atom is 0.129 e. The maximum atomic E-state index is 13.8. The van der Waals surface area contributed by atoms with Gasteiger partial charge in [0.05, 0.1) is 0 Å². The summed E-state index contributed by atoms with van der Waals surface area (Å²) >= 11 is 11.9. The molecule has 1 unspecified atom stereocenters. The lowest BCUT2D eigenvalue weighted by Crippen LogP contribution is -2.24. The minimum atomic E-state index is -1.51. The van der Waals surface area contributed by atoms with Crippen LogP contribution in [0.4, 0.5) is 4.39 Å². The van der Waals surface area contributed by atoms with E-state index in [0.717, 1.165) is 0 Å². The van der Waals surface area contributed by atoms with E-state index >= 15 is 0 Å². The van der Waals surface area contributed by atoms with E-state index in [9.17, 15) is 9.50 Å². The quantitative estimate of drug-likeness (QED) is 0.867. The summed E-state index contributed by atoms with van der Waals surface area (Å²) < 4.78 is 13.8. The molecule has 0 heterocycles. The van der Waals surface area contributed by atoms with Gasteiger partial charge in [0.1, 0.15) is 11.4 Å².